The van der Waals surface area contributed by atoms with Crippen LogP contribution in [0.2, 0.25) is 0 Å². The monoisotopic (exact) mass is 398 g/mol. The molecule has 7 nitrogen and oxygen atoms in total. The van der Waals surface area contributed by atoms with Crippen molar-refractivity contribution in [2.75, 3.05) is 6.61 Å². The van der Waals surface area contributed by atoms with Crippen LogP contribution in [0.5, 0.6) is 0 Å². The van der Waals surface area contributed by atoms with E-state index in [1.54, 1.807) is 39.0 Å². The first-order valence-corrected chi connectivity index (χ1v) is 10.3. The molecule has 150 valence electrons. The van der Waals surface area contributed by atoms with Gasteiger partial charge in [-0.05, 0) is 39.8 Å². The highest BCUT2D eigenvalue weighted by Gasteiger charge is 2.57. The van der Waals surface area contributed by atoms with Gasteiger partial charge in [-0.3, -0.25) is 4.18 Å². The summed E-state index contributed by atoms with van der Waals surface area (Å²) in [5, 5.41) is 0. The zero-order valence-corrected chi connectivity index (χ0v) is 16.8. The van der Waals surface area contributed by atoms with E-state index >= 15 is 0 Å². The molecular formula is C19H26O7S. The van der Waals surface area contributed by atoms with Crippen molar-refractivity contribution in [1.82, 2.24) is 0 Å². The number of hydrogen-bond acceptors (Lipinski definition) is 7. The van der Waals surface area contributed by atoms with Gasteiger partial charge in [0.05, 0.1) is 11.5 Å². The van der Waals surface area contributed by atoms with Crippen molar-refractivity contribution in [2.24, 2.45) is 0 Å². The summed E-state index contributed by atoms with van der Waals surface area (Å²) in [6, 6.07) is 6.47. The van der Waals surface area contributed by atoms with E-state index in [4.69, 9.17) is 23.1 Å². The number of rotatable bonds is 7. The summed E-state index contributed by atoms with van der Waals surface area (Å²) in [5.41, 5.74) is 0.962. The number of aryl methyl sites for hydroxylation is 1. The van der Waals surface area contributed by atoms with Crippen molar-refractivity contribution >= 4 is 10.1 Å². The van der Waals surface area contributed by atoms with Crippen LogP contribution in [0.25, 0.3) is 0 Å². The molecule has 0 bridgehead atoms. The van der Waals surface area contributed by atoms with E-state index in [1.165, 1.54) is 12.1 Å². The maximum Gasteiger partial charge on any atom is 0.297 e. The minimum Gasteiger partial charge on any atom is -0.368 e. The lowest BCUT2D eigenvalue weighted by Gasteiger charge is -2.28. The third-order valence-electron chi connectivity index (χ3n) is 4.48. The van der Waals surface area contributed by atoms with Crippen LogP contribution in [0, 0.1) is 6.92 Å². The summed E-state index contributed by atoms with van der Waals surface area (Å²) in [4.78, 5) is 0.0929. The van der Waals surface area contributed by atoms with Crippen molar-refractivity contribution in [2.45, 2.75) is 69.1 Å². The first-order chi connectivity index (χ1) is 12.6. The van der Waals surface area contributed by atoms with Crippen LogP contribution in [-0.2, 0) is 33.2 Å². The van der Waals surface area contributed by atoms with E-state index in [2.05, 4.69) is 6.58 Å². The quantitative estimate of drug-likeness (QED) is 0.516. The van der Waals surface area contributed by atoms with Gasteiger partial charge in [0, 0.05) is 0 Å². The Balaban J connectivity index is 1.75. The standard InChI is InChI=1S/C19H26O7S/c1-6-11-22-16-15(23-18-17(16)24-19(4,5)25-18)13(3)26-27(20,21)14-9-7-12(2)8-10-14/h6-10,13,15-18H,1,11H2,2-5H3/t13-,15-,16-,17+,18+/m1/s1. The van der Waals surface area contributed by atoms with Crippen LogP contribution in [0.1, 0.15) is 26.3 Å². The maximum atomic E-state index is 12.6. The predicted octanol–water partition coefficient (Wildman–Crippen LogP) is 2.54. The first-order valence-electron chi connectivity index (χ1n) is 8.86. The highest BCUT2D eigenvalue weighted by atomic mass is 32.2. The van der Waals surface area contributed by atoms with Gasteiger partial charge in [0.2, 0.25) is 0 Å². The molecule has 3 rings (SSSR count). The molecule has 0 amide bonds. The first kappa shape index (κ1) is 20.4. The Morgan fingerprint density at radius 2 is 1.93 bits per heavy atom. The van der Waals surface area contributed by atoms with E-state index in [0.29, 0.717) is 0 Å². The highest BCUT2D eigenvalue weighted by Crippen LogP contribution is 2.40. The molecule has 27 heavy (non-hydrogen) atoms. The topological polar surface area (TPSA) is 80.3 Å². The van der Waals surface area contributed by atoms with Crippen LogP contribution in [-0.4, -0.2) is 51.5 Å². The number of ether oxygens (including phenoxy) is 4. The van der Waals surface area contributed by atoms with Gasteiger partial charge in [0.1, 0.15) is 24.4 Å². The summed E-state index contributed by atoms with van der Waals surface area (Å²) < 4.78 is 53.9. The van der Waals surface area contributed by atoms with Gasteiger partial charge < -0.3 is 18.9 Å². The Kier molecular flexibility index (Phi) is 5.77. The van der Waals surface area contributed by atoms with Crippen molar-refractivity contribution < 1.29 is 31.5 Å². The Morgan fingerprint density at radius 1 is 1.26 bits per heavy atom. The third-order valence-corrected chi connectivity index (χ3v) is 5.89. The van der Waals surface area contributed by atoms with Gasteiger partial charge >= 0.3 is 0 Å². The van der Waals surface area contributed by atoms with Gasteiger partial charge in [0.15, 0.2) is 12.1 Å². The number of fused-ring (bicyclic) bond motifs is 1. The molecule has 2 fully saturated rings. The molecule has 2 aliphatic rings. The minimum absolute atomic E-state index is 0.0929. The fourth-order valence-electron chi connectivity index (χ4n) is 3.27. The molecule has 8 heteroatoms. The summed E-state index contributed by atoms with van der Waals surface area (Å²) in [5.74, 6) is -0.797. The largest absolute Gasteiger partial charge is 0.368 e. The molecule has 0 unspecified atom stereocenters. The van der Waals surface area contributed by atoms with E-state index in [1.807, 2.05) is 6.92 Å². The molecule has 0 aliphatic carbocycles. The molecule has 5 atom stereocenters. The summed E-state index contributed by atoms with van der Waals surface area (Å²) in [7, 11) is -3.94. The van der Waals surface area contributed by atoms with Crippen LogP contribution in [0.15, 0.2) is 41.8 Å². The smallest absolute Gasteiger partial charge is 0.297 e. The Labute approximate surface area is 160 Å². The van der Waals surface area contributed by atoms with Crippen LogP contribution in [0.3, 0.4) is 0 Å². The van der Waals surface area contributed by atoms with Gasteiger partial charge in [-0.15, -0.1) is 6.58 Å². The zero-order chi connectivity index (χ0) is 19.8. The molecule has 0 aromatic heterocycles. The van der Waals surface area contributed by atoms with E-state index in [9.17, 15) is 8.42 Å². The van der Waals surface area contributed by atoms with Crippen molar-refractivity contribution in [3.05, 3.63) is 42.5 Å². The average molecular weight is 398 g/mol. The highest BCUT2D eigenvalue weighted by molar-refractivity contribution is 7.86. The van der Waals surface area contributed by atoms with E-state index < -0.39 is 46.6 Å². The van der Waals surface area contributed by atoms with E-state index in [0.717, 1.165) is 5.56 Å². The van der Waals surface area contributed by atoms with Crippen molar-refractivity contribution in [3.63, 3.8) is 0 Å². The second-order valence-corrected chi connectivity index (χ2v) is 8.80. The maximum absolute atomic E-state index is 12.6. The summed E-state index contributed by atoms with van der Waals surface area (Å²) in [6.45, 7) is 11.0. The minimum atomic E-state index is -3.94. The van der Waals surface area contributed by atoms with Gasteiger partial charge in [-0.2, -0.15) is 8.42 Å². The SMILES string of the molecule is C=CCO[C@H]1[C@@H]2OC(C)(C)O[C@@H]2O[C@@H]1[C@@H](C)OS(=O)(=O)c1ccc(C)cc1. The van der Waals surface area contributed by atoms with Crippen molar-refractivity contribution in [1.29, 1.82) is 0 Å². The molecule has 2 saturated heterocycles. The lowest BCUT2D eigenvalue weighted by atomic mass is 10.1. The summed E-state index contributed by atoms with van der Waals surface area (Å²) >= 11 is 0. The van der Waals surface area contributed by atoms with Crippen LogP contribution >= 0.6 is 0 Å². The second-order valence-electron chi connectivity index (χ2n) is 7.22. The lowest BCUT2D eigenvalue weighted by molar-refractivity contribution is -0.225. The van der Waals surface area contributed by atoms with Crippen LogP contribution in [0.4, 0.5) is 0 Å². The normalized spacial score (nSPS) is 30.8. The van der Waals surface area contributed by atoms with E-state index in [-0.39, 0.29) is 11.5 Å². The Bertz CT molecular complexity index is 772. The predicted molar refractivity (Wildman–Crippen MR) is 97.5 cm³/mol. The molecule has 1 aromatic carbocycles. The molecule has 0 saturated carbocycles. The number of benzene rings is 1. The fraction of sp³-hybridized carbons (Fsp3) is 0.579. The summed E-state index contributed by atoms with van der Waals surface area (Å²) in [6.07, 6.45) is -1.52. The molecule has 2 heterocycles. The number of hydrogen-bond donors (Lipinski definition) is 0. The third kappa shape index (κ3) is 4.42. The molecule has 0 radical (unpaired) electrons. The molecular weight excluding hydrogens is 372 g/mol. The zero-order valence-electron chi connectivity index (χ0n) is 16.0. The molecule has 0 spiro atoms. The molecule has 0 N–H and O–H groups in total. The van der Waals surface area contributed by atoms with Crippen LogP contribution < -0.4 is 0 Å². The second kappa shape index (κ2) is 7.62. The molecule has 2 aliphatic heterocycles. The van der Waals surface area contributed by atoms with Gasteiger partial charge in [-0.25, -0.2) is 0 Å². The fourth-order valence-corrected chi connectivity index (χ4v) is 4.36. The average Bonchev–Trinajstić information content (AvgIpc) is 3.05. The molecule has 1 aromatic rings. The Morgan fingerprint density at radius 3 is 2.56 bits per heavy atom. The lowest BCUT2D eigenvalue weighted by Crippen LogP contribution is -2.43. The van der Waals surface area contributed by atoms with Gasteiger partial charge in [0.25, 0.3) is 10.1 Å². The van der Waals surface area contributed by atoms with Gasteiger partial charge in [-0.1, -0.05) is 23.8 Å². The Hall–Kier alpha value is -1.29. The van der Waals surface area contributed by atoms with Crippen molar-refractivity contribution in [3.8, 4) is 0 Å².